The van der Waals surface area contributed by atoms with E-state index < -0.39 is 0 Å². The van der Waals surface area contributed by atoms with Crippen LogP contribution in [-0.4, -0.2) is 28.0 Å². The summed E-state index contributed by atoms with van der Waals surface area (Å²) < 4.78 is 13.8. The maximum atomic E-state index is 13.8. The molecule has 1 N–H and O–H groups in total. The van der Waals surface area contributed by atoms with Gasteiger partial charge in [-0.3, -0.25) is 0 Å². The largest absolute Gasteiger partial charge is 0.367 e. The molecule has 0 atom stereocenters. The van der Waals surface area contributed by atoms with Crippen LogP contribution in [0.5, 0.6) is 0 Å². The molecule has 2 heterocycles. The number of hydrogen-bond donors (Lipinski definition) is 1. The van der Waals surface area contributed by atoms with E-state index in [-0.39, 0.29) is 5.82 Å². The summed E-state index contributed by atoms with van der Waals surface area (Å²) in [6.45, 7) is 2.71. The van der Waals surface area contributed by atoms with Gasteiger partial charge >= 0.3 is 0 Å². The van der Waals surface area contributed by atoms with E-state index in [1.807, 2.05) is 18.7 Å². The quantitative estimate of drug-likeness (QED) is 0.897. The van der Waals surface area contributed by atoms with Gasteiger partial charge in [0.25, 0.3) is 0 Å². The van der Waals surface area contributed by atoms with Crippen LogP contribution in [0.1, 0.15) is 25.5 Å². The van der Waals surface area contributed by atoms with E-state index >= 15 is 0 Å². The Morgan fingerprint density at radius 3 is 2.88 bits per heavy atom. The number of nitrogens with zero attached hydrogens (tertiary/aromatic N) is 2. The molecule has 1 aliphatic rings. The summed E-state index contributed by atoms with van der Waals surface area (Å²) in [7, 11) is 0. The molecule has 94 valence electrons. The number of halogens is 1. The predicted octanol–water partition coefficient (Wildman–Crippen LogP) is 2.73. The van der Waals surface area contributed by atoms with Gasteiger partial charge in [0.05, 0.1) is 5.69 Å². The minimum Gasteiger partial charge on any atom is -0.367 e. The van der Waals surface area contributed by atoms with Gasteiger partial charge in [0.15, 0.2) is 11.6 Å². The van der Waals surface area contributed by atoms with Gasteiger partial charge in [-0.25, -0.2) is 14.4 Å². The van der Waals surface area contributed by atoms with Crippen molar-refractivity contribution in [3.8, 4) is 0 Å². The van der Waals surface area contributed by atoms with Crippen LogP contribution in [0.15, 0.2) is 6.33 Å². The third kappa shape index (κ3) is 3.31. The Morgan fingerprint density at radius 1 is 1.41 bits per heavy atom. The number of aromatic nitrogens is 2. The standard InChI is InChI=1S/C12H18FN3S/c1-2-10-11(13)12(16-8-15-10)14-7-9-3-5-17-6-4-9/h8-9H,2-7H2,1H3,(H,14,15,16). The van der Waals surface area contributed by atoms with Crippen molar-refractivity contribution in [2.24, 2.45) is 5.92 Å². The summed E-state index contributed by atoms with van der Waals surface area (Å²) in [6, 6.07) is 0. The second-order valence-electron chi connectivity index (χ2n) is 4.27. The first-order valence-corrected chi connectivity index (χ1v) is 7.27. The Kier molecular flexibility index (Phi) is 4.59. The number of hydrogen-bond acceptors (Lipinski definition) is 4. The van der Waals surface area contributed by atoms with Crippen LogP contribution in [0, 0.1) is 11.7 Å². The zero-order valence-corrected chi connectivity index (χ0v) is 10.9. The van der Waals surface area contributed by atoms with Crippen molar-refractivity contribution in [2.75, 3.05) is 23.4 Å². The Hall–Kier alpha value is -0.840. The van der Waals surface area contributed by atoms with E-state index in [4.69, 9.17) is 0 Å². The van der Waals surface area contributed by atoms with Gasteiger partial charge in [-0.15, -0.1) is 0 Å². The highest BCUT2D eigenvalue weighted by atomic mass is 32.2. The zero-order valence-electron chi connectivity index (χ0n) is 10.1. The van der Waals surface area contributed by atoms with Crippen molar-refractivity contribution in [3.63, 3.8) is 0 Å². The summed E-state index contributed by atoms with van der Waals surface area (Å²) in [5.74, 6) is 3.16. The van der Waals surface area contributed by atoms with Crippen LogP contribution in [-0.2, 0) is 6.42 Å². The predicted molar refractivity (Wildman–Crippen MR) is 69.9 cm³/mol. The van der Waals surface area contributed by atoms with Gasteiger partial charge in [0.1, 0.15) is 6.33 Å². The van der Waals surface area contributed by atoms with E-state index in [0.717, 1.165) is 6.54 Å². The molecule has 17 heavy (non-hydrogen) atoms. The lowest BCUT2D eigenvalue weighted by Crippen LogP contribution is -2.20. The molecule has 1 fully saturated rings. The van der Waals surface area contributed by atoms with Crippen molar-refractivity contribution >= 4 is 17.6 Å². The average molecular weight is 255 g/mol. The van der Waals surface area contributed by atoms with Gasteiger partial charge in [-0.05, 0) is 36.7 Å². The van der Waals surface area contributed by atoms with Crippen molar-refractivity contribution in [2.45, 2.75) is 26.2 Å². The number of aryl methyl sites for hydroxylation is 1. The summed E-state index contributed by atoms with van der Waals surface area (Å²) in [5, 5.41) is 3.12. The number of anilines is 1. The highest BCUT2D eigenvalue weighted by Gasteiger charge is 2.15. The summed E-state index contributed by atoms with van der Waals surface area (Å²) in [6.07, 6.45) is 4.46. The number of rotatable bonds is 4. The third-order valence-electron chi connectivity index (χ3n) is 3.10. The van der Waals surface area contributed by atoms with Gasteiger partial charge < -0.3 is 5.32 Å². The molecular formula is C12H18FN3S. The highest BCUT2D eigenvalue weighted by molar-refractivity contribution is 7.99. The molecule has 0 amide bonds. The smallest absolute Gasteiger partial charge is 0.186 e. The molecule has 1 aromatic rings. The Bertz CT molecular complexity index is 367. The van der Waals surface area contributed by atoms with E-state index in [1.54, 1.807) is 0 Å². The normalized spacial score (nSPS) is 17.1. The lowest BCUT2D eigenvalue weighted by atomic mass is 10.0. The lowest BCUT2D eigenvalue weighted by Gasteiger charge is -2.21. The second kappa shape index (κ2) is 6.19. The first kappa shape index (κ1) is 12.6. The molecule has 0 saturated carbocycles. The van der Waals surface area contributed by atoms with Crippen molar-refractivity contribution < 1.29 is 4.39 Å². The van der Waals surface area contributed by atoms with Crippen LogP contribution >= 0.6 is 11.8 Å². The molecule has 0 spiro atoms. The van der Waals surface area contributed by atoms with Crippen LogP contribution in [0.25, 0.3) is 0 Å². The molecule has 3 nitrogen and oxygen atoms in total. The Balaban J connectivity index is 1.93. The van der Waals surface area contributed by atoms with Crippen LogP contribution in [0.3, 0.4) is 0 Å². The van der Waals surface area contributed by atoms with Gasteiger partial charge in [0.2, 0.25) is 0 Å². The lowest BCUT2D eigenvalue weighted by molar-refractivity contribution is 0.512. The fraction of sp³-hybridized carbons (Fsp3) is 0.667. The summed E-state index contributed by atoms with van der Waals surface area (Å²) in [5.41, 5.74) is 0.488. The van der Waals surface area contributed by atoms with Crippen molar-refractivity contribution in [1.82, 2.24) is 9.97 Å². The van der Waals surface area contributed by atoms with Gasteiger partial charge in [-0.1, -0.05) is 6.92 Å². The van der Waals surface area contributed by atoms with Gasteiger partial charge in [-0.2, -0.15) is 11.8 Å². The van der Waals surface area contributed by atoms with Gasteiger partial charge in [0, 0.05) is 6.54 Å². The Labute approximate surface area is 106 Å². The van der Waals surface area contributed by atoms with Crippen LogP contribution in [0.4, 0.5) is 10.2 Å². The molecule has 1 aromatic heterocycles. The number of nitrogens with one attached hydrogen (secondary N) is 1. The highest BCUT2D eigenvalue weighted by Crippen LogP contribution is 2.23. The maximum absolute atomic E-state index is 13.8. The molecule has 0 unspecified atom stereocenters. The molecule has 1 saturated heterocycles. The van der Waals surface area contributed by atoms with Crippen molar-refractivity contribution in [1.29, 1.82) is 0 Å². The first-order valence-electron chi connectivity index (χ1n) is 6.12. The molecule has 0 aromatic carbocycles. The summed E-state index contributed by atoms with van der Waals surface area (Å²) in [4.78, 5) is 7.89. The van der Waals surface area contributed by atoms with E-state index in [1.165, 1.54) is 30.7 Å². The fourth-order valence-electron chi connectivity index (χ4n) is 1.97. The second-order valence-corrected chi connectivity index (χ2v) is 5.50. The molecule has 0 aliphatic carbocycles. The fourth-order valence-corrected chi connectivity index (χ4v) is 3.17. The molecular weight excluding hydrogens is 237 g/mol. The molecule has 2 rings (SSSR count). The third-order valence-corrected chi connectivity index (χ3v) is 4.14. The van der Waals surface area contributed by atoms with Crippen LogP contribution < -0.4 is 5.32 Å². The van der Waals surface area contributed by atoms with E-state index in [2.05, 4.69) is 15.3 Å². The Morgan fingerprint density at radius 2 is 2.18 bits per heavy atom. The monoisotopic (exact) mass is 255 g/mol. The minimum atomic E-state index is -0.291. The molecule has 1 aliphatic heterocycles. The number of thioether (sulfide) groups is 1. The van der Waals surface area contributed by atoms with Crippen molar-refractivity contribution in [3.05, 3.63) is 17.8 Å². The van der Waals surface area contributed by atoms with E-state index in [9.17, 15) is 4.39 Å². The molecule has 5 heteroatoms. The molecule has 0 bridgehead atoms. The topological polar surface area (TPSA) is 37.8 Å². The molecule has 0 radical (unpaired) electrons. The maximum Gasteiger partial charge on any atom is 0.186 e. The SMILES string of the molecule is CCc1ncnc(NCC2CCSCC2)c1F. The first-order chi connectivity index (χ1) is 8.31. The van der Waals surface area contributed by atoms with Crippen LogP contribution in [0.2, 0.25) is 0 Å². The minimum absolute atomic E-state index is 0.291. The summed E-state index contributed by atoms with van der Waals surface area (Å²) >= 11 is 2.00. The zero-order chi connectivity index (χ0) is 12.1. The van der Waals surface area contributed by atoms with E-state index in [0.29, 0.717) is 23.9 Å². The average Bonchev–Trinajstić information content (AvgIpc) is 2.39.